The third kappa shape index (κ3) is 4.20. The lowest BCUT2D eigenvalue weighted by atomic mass is 10.1. The predicted molar refractivity (Wildman–Crippen MR) is 108 cm³/mol. The van der Waals surface area contributed by atoms with Crippen molar-refractivity contribution in [3.63, 3.8) is 0 Å². The minimum Gasteiger partial charge on any atom is -0.508 e. The Morgan fingerprint density at radius 1 is 1.00 bits per heavy atom. The molecule has 2 saturated heterocycles. The number of amides is 2. The van der Waals surface area contributed by atoms with Crippen LogP contribution in [0.4, 0.5) is 24.5 Å². The zero-order chi connectivity index (χ0) is 22.3. The van der Waals surface area contributed by atoms with Crippen LogP contribution in [0.25, 0.3) is 0 Å². The van der Waals surface area contributed by atoms with Crippen LogP contribution in [-0.4, -0.2) is 49.1 Å². The first-order valence-corrected chi connectivity index (χ1v) is 10.1. The number of benzene rings is 2. The van der Waals surface area contributed by atoms with E-state index in [-0.39, 0.29) is 17.9 Å². The fourth-order valence-electron chi connectivity index (χ4n) is 4.16. The maximum atomic E-state index is 13.2. The molecule has 2 aliphatic rings. The normalized spacial score (nSPS) is 20.6. The van der Waals surface area contributed by atoms with Crippen LogP contribution in [0.3, 0.4) is 0 Å². The SMILES string of the molecule is O=C1C[C@H]([NH+]2CCN(c3ccc(O)cc3)CC2)C(=O)N1c1ccc(Cl)c(C(F)(F)F)c1. The van der Waals surface area contributed by atoms with Gasteiger partial charge >= 0.3 is 6.18 Å². The molecule has 2 aliphatic heterocycles. The highest BCUT2D eigenvalue weighted by Gasteiger charge is 2.47. The second kappa shape index (κ2) is 8.05. The second-order valence-electron chi connectivity index (χ2n) is 7.65. The molecule has 164 valence electrons. The van der Waals surface area contributed by atoms with Crippen molar-refractivity contribution in [2.45, 2.75) is 18.6 Å². The van der Waals surface area contributed by atoms with E-state index in [0.717, 1.165) is 27.6 Å². The standard InChI is InChI=1S/C21H19ClF3N3O3/c22-17-6-3-14(11-16(17)21(23,24)25)28-19(30)12-18(20(28)31)27-9-7-26(8-10-27)13-1-4-15(29)5-2-13/h1-6,11,18,29H,7-10,12H2/p+1/t18-/m0/s1. The first kappa shape index (κ1) is 21.5. The third-order valence-electron chi connectivity index (χ3n) is 5.77. The molecule has 1 atom stereocenters. The monoisotopic (exact) mass is 454 g/mol. The topological polar surface area (TPSA) is 65.3 Å². The first-order chi connectivity index (χ1) is 14.6. The van der Waals surface area contributed by atoms with Gasteiger partial charge in [0.05, 0.1) is 48.9 Å². The van der Waals surface area contributed by atoms with E-state index in [4.69, 9.17) is 11.6 Å². The molecule has 0 aliphatic carbocycles. The molecule has 2 N–H and O–H groups in total. The summed E-state index contributed by atoms with van der Waals surface area (Å²) in [6.07, 6.45) is -4.73. The van der Waals surface area contributed by atoms with Gasteiger partial charge in [0.15, 0.2) is 6.04 Å². The Labute approximate surface area is 181 Å². The molecule has 10 heteroatoms. The van der Waals surface area contributed by atoms with E-state index in [0.29, 0.717) is 26.2 Å². The van der Waals surface area contributed by atoms with E-state index in [1.54, 1.807) is 12.1 Å². The Bertz CT molecular complexity index is 1010. The van der Waals surface area contributed by atoms with Gasteiger partial charge in [-0.05, 0) is 42.5 Å². The number of hydrogen-bond acceptors (Lipinski definition) is 4. The summed E-state index contributed by atoms with van der Waals surface area (Å²) in [7, 11) is 0. The van der Waals surface area contributed by atoms with Crippen LogP contribution in [0.5, 0.6) is 5.75 Å². The summed E-state index contributed by atoms with van der Waals surface area (Å²) >= 11 is 5.65. The molecule has 2 aromatic carbocycles. The molecule has 4 rings (SSSR count). The van der Waals surface area contributed by atoms with Crippen LogP contribution in [0, 0.1) is 0 Å². The third-order valence-corrected chi connectivity index (χ3v) is 6.10. The fourth-order valence-corrected chi connectivity index (χ4v) is 4.38. The van der Waals surface area contributed by atoms with Gasteiger partial charge in [-0.25, -0.2) is 4.90 Å². The van der Waals surface area contributed by atoms with Gasteiger partial charge in [0.2, 0.25) is 5.91 Å². The lowest BCUT2D eigenvalue weighted by Gasteiger charge is -2.35. The molecule has 31 heavy (non-hydrogen) atoms. The van der Waals surface area contributed by atoms with E-state index < -0.39 is 34.6 Å². The average Bonchev–Trinajstić information content (AvgIpc) is 3.02. The Hall–Kier alpha value is -2.78. The van der Waals surface area contributed by atoms with Crippen LogP contribution in [0.2, 0.25) is 5.02 Å². The summed E-state index contributed by atoms with van der Waals surface area (Å²) < 4.78 is 39.5. The molecule has 0 bridgehead atoms. The van der Waals surface area contributed by atoms with Gasteiger partial charge in [0.1, 0.15) is 5.75 Å². The van der Waals surface area contributed by atoms with E-state index >= 15 is 0 Å². The molecule has 0 aromatic heterocycles. The molecule has 2 heterocycles. The lowest BCUT2D eigenvalue weighted by Crippen LogP contribution is -3.19. The van der Waals surface area contributed by atoms with Gasteiger partial charge < -0.3 is 14.9 Å². The number of hydrogen-bond donors (Lipinski definition) is 2. The number of carbonyl (C=O) groups excluding carboxylic acids is 2. The summed E-state index contributed by atoms with van der Waals surface area (Å²) in [5.74, 6) is -0.827. The highest BCUT2D eigenvalue weighted by atomic mass is 35.5. The van der Waals surface area contributed by atoms with E-state index in [1.807, 2.05) is 12.1 Å². The maximum absolute atomic E-state index is 13.2. The molecular formula is C21H20ClF3N3O3+. The van der Waals surface area contributed by atoms with E-state index in [9.17, 15) is 27.9 Å². The maximum Gasteiger partial charge on any atom is 0.417 e. The Kier molecular flexibility index (Phi) is 5.57. The summed E-state index contributed by atoms with van der Waals surface area (Å²) in [5, 5.41) is 8.94. The Balaban J connectivity index is 1.47. The Morgan fingerprint density at radius 2 is 1.61 bits per heavy atom. The molecule has 2 aromatic rings. The number of anilines is 2. The van der Waals surface area contributed by atoms with Crippen LogP contribution in [0.1, 0.15) is 12.0 Å². The van der Waals surface area contributed by atoms with Gasteiger partial charge in [0, 0.05) is 5.69 Å². The molecule has 2 fully saturated rings. The number of carbonyl (C=O) groups is 2. The quantitative estimate of drug-likeness (QED) is 0.697. The van der Waals surface area contributed by atoms with Crippen molar-refractivity contribution in [1.82, 2.24) is 0 Å². The first-order valence-electron chi connectivity index (χ1n) is 9.77. The van der Waals surface area contributed by atoms with Gasteiger partial charge in [-0.2, -0.15) is 13.2 Å². The number of aromatic hydroxyl groups is 1. The van der Waals surface area contributed by atoms with Crippen molar-refractivity contribution in [2.75, 3.05) is 36.0 Å². The number of halogens is 4. The molecular weight excluding hydrogens is 435 g/mol. The molecule has 2 amide bonds. The summed E-state index contributed by atoms with van der Waals surface area (Å²) in [6, 6.07) is 9.26. The number of alkyl halides is 3. The summed E-state index contributed by atoms with van der Waals surface area (Å²) in [6.45, 7) is 2.51. The van der Waals surface area contributed by atoms with Crippen molar-refractivity contribution in [2.24, 2.45) is 0 Å². The van der Waals surface area contributed by atoms with Crippen LogP contribution in [-0.2, 0) is 15.8 Å². The number of imide groups is 1. The number of quaternary nitrogens is 1. The number of phenolic OH excluding ortho intramolecular Hbond substituents is 1. The van der Waals surface area contributed by atoms with Crippen molar-refractivity contribution in [3.05, 3.63) is 53.1 Å². The van der Waals surface area contributed by atoms with Gasteiger partial charge in [-0.1, -0.05) is 11.6 Å². The summed E-state index contributed by atoms with van der Waals surface area (Å²) in [4.78, 5) is 29.4. The fraction of sp³-hybridized carbons (Fsp3) is 0.333. The average molecular weight is 455 g/mol. The Morgan fingerprint density at radius 3 is 2.23 bits per heavy atom. The minimum absolute atomic E-state index is 0.0443. The number of rotatable bonds is 3. The molecule has 6 nitrogen and oxygen atoms in total. The zero-order valence-corrected chi connectivity index (χ0v) is 17.1. The number of nitrogens with zero attached hydrogens (tertiary/aromatic N) is 2. The highest BCUT2D eigenvalue weighted by Crippen LogP contribution is 2.37. The highest BCUT2D eigenvalue weighted by molar-refractivity contribution is 6.31. The molecule has 0 radical (unpaired) electrons. The van der Waals surface area contributed by atoms with Crippen LogP contribution >= 0.6 is 11.6 Å². The zero-order valence-electron chi connectivity index (χ0n) is 16.3. The van der Waals surface area contributed by atoms with E-state index in [2.05, 4.69) is 4.90 Å². The molecule has 0 spiro atoms. The minimum atomic E-state index is -4.69. The van der Waals surface area contributed by atoms with Crippen molar-refractivity contribution in [1.29, 1.82) is 0 Å². The molecule has 0 saturated carbocycles. The van der Waals surface area contributed by atoms with Crippen LogP contribution in [0.15, 0.2) is 42.5 Å². The lowest BCUT2D eigenvalue weighted by molar-refractivity contribution is -0.915. The van der Waals surface area contributed by atoms with Gasteiger partial charge in [-0.15, -0.1) is 0 Å². The number of piperazine rings is 1. The van der Waals surface area contributed by atoms with Gasteiger partial charge in [-0.3, -0.25) is 9.59 Å². The number of phenols is 1. The second-order valence-corrected chi connectivity index (χ2v) is 8.05. The summed E-state index contributed by atoms with van der Waals surface area (Å²) in [5.41, 5.74) is -0.241. The van der Waals surface area contributed by atoms with Crippen molar-refractivity contribution in [3.8, 4) is 5.75 Å². The van der Waals surface area contributed by atoms with Gasteiger partial charge in [0.25, 0.3) is 5.91 Å². The largest absolute Gasteiger partial charge is 0.508 e. The predicted octanol–water partition coefficient (Wildman–Crippen LogP) is 2.10. The van der Waals surface area contributed by atoms with Crippen molar-refractivity contribution < 1.29 is 32.8 Å². The molecule has 0 unspecified atom stereocenters. The van der Waals surface area contributed by atoms with Crippen LogP contribution < -0.4 is 14.7 Å². The number of nitrogens with one attached hydrogen (secondary N) is 1. The smallest absolute Gasteiger partial charge is 0.417 e. The van der Waals surface area contributed by atoms with Crippen molar-refractivity contribution >= 4 is 34.8 Å². The van der Waals surface area contributed by atoms with E-state index in [1.165, 1.54) is 6.07 Å².